The lowest BCUT2D eigenvalue weighted by Crippen LogP contribution is -2.49. The Morgan fingerprint density at radius 1 is 1.45 bits per heavy atom. The van der Waals surface area contributed by atoms with Crippen LogP contribution in [0.1, 0.15) is 18.5 Å². The SMILES string of the molecule is N#Cc1cccc(N2CCOCC3(CCCNC3)C2)n1. The summed E-state index contributed by atoms with van der Waals surface area (Å²) in [6.07, 6.45) is 2.39. The average molecular weight is 272 g/mol. The fourth-order valence-corrected chi connectivity index (χ4v) is 3.14. The molecule has 0 amide bonds. The number of nitriles is 1. The molecule has 0 bridgehead atoms. The van der Waals surface area contributed by atoms with Gasteiger partial charge in [0.25, 0.3) is 0 Å². The molecule has 0 saturated carbocycles. The van der Waals surface area contributed by atoms with Crippen LogP contribution in [0.5, 0.6) is 0 Å². The van der Waals surface area contributed by atoms with E-state index in [1.807, 2.05) is 12.1 Å². The molecule has 1 aromatic rings. The zero-order valence-electron chi connectivity index (χ0n) is 11.6. The average Bonchev–Trinajstić information content (AvgIpc) is 2.71. The van der Waals surface area contributed by atoms with Crippen LogP contribution in [-0.4, -0.2) is 44.4 Å². The molecule has 0 aliphatic carbocycles. The van der Waals surface area contributed by atoms with Crippen LogP contribution >= 0.6 is 0 Å². The first kappa shape index (κ1) is 13.3. The quantitative estimate of drug-likeness (QED) is 0.831. The van der Waals surface area contributed by atoms with E-state index in [9.17, 15) is 0 Å². The predicted octanol–water partition coefficient (Wildman–Crippen LogP) is 1.16. The Morgan fingerprint density at radius 3 is 3.20 bits per heavy atom. The number of ether oxygens (including phenoxy) is 1. The normalized spacial score (nSPS) is 27.1. The summed E-state index contributed by atoms with van der Waals surface area (Å²) in [5.74, 6) is 0.888. The first-order valence-electron chi connectivity index (χ1n) is 7.22. The maximum absolute atomic E-state index is 8.99. The summed E-state index contributed by atoms with van der Waals surface area (Å²) in [5, 5.41) is 12.5. The monoisotopic (exact) mass is 272 g/mol. The van der Waals surface area contributed by atoms with Crippen molar-refractivity contribution in [2.24, 2.45) is 5.41 Å². The van der Waals surface area contributed by atoms with Crippen molar-refractivity contribution in [2.75, 3.05) is 44.3 Å². The maximum atomic E-state index is 8.99. The molecule has 106 valence electrons. The van der Waals surface area contributed by atoms with Gasteiger partial charge in [0.1, 0.15) is 17.6 Å². The highest BCUT2D eigenvalue weighted by atomic mass is 16.5. The van der Waals surface area contributed by atoms with Crippen molar-refractivity contribution in [3.05, 3.63) is 23.9 Å². The zero-order valence-corrected chi connectivity index (χ0v) is 11.6. The number of aromatic nitrogens is 1. The Balaban J connectivity index is 1.82. The second kappa shape index (κ2) is 5.78. The van der Waals surface area contributed by atoms with E-state index in [2.05, 4.69) is 21.3 Å². The van der Waals surface area contributed by atoms with Crippen LogP contribution < -0.4 is 10.2 Å². The summed E-state index contributed by atoms with van der Waals surface area (Å²) in [5.41, 5.74) is 0.655. The highest BCUT2D eigenvalue weighted by Gasteiger charge is 2.36. The Bertz CT molecular complexity index is 505. The molecule has 3 rings (SSSR count). The summed E-state index contributed by atoms with van der Waals surface area (Å²) < 4.78 is 5.82. The first-order chi connectivity index (χ1) is 9.81. The third-order valence-corrected chi connectivity index (χ3v) is 4.17. The number of rotatable bonds is 1. The van der Waals surface area contributed by atoms with E-state index >= 15 is 0 Å². The molecular formula is C15H20N4O. The van der Waals surface area contributed by atoms with Crippen molar-refractivity contribution in [3.8, 4) is 6.07 Å². The minimum atomic E-state index is 0.180. The molecule has 1 unspecified atom stereocenters. The fourth-order valence-electron chi connectivity index (χ4n) is 3.14. The van der Waals surface area contributed by atoms with E-state index in [4.69, 9.17) is 10.00 Å². The topological polar surface area (TPSA) is 61.2 Å². The summed E-state index contributed by atoms with van der Waals surface area (Å²) in [4.78, 5) is 6.69. The Labute approximate surface area is 119 Å². The number of nitrogens with zero attached hydrogens (tertiary/aromatic N) is 3. The predicted molar refractivity (Wildman–Crippen MR) is 76.5 cm³/mol. The molecule has 2 aliphatic heterocycles. The number of nitrogens with one attached hydrogen (secondary N) is 1. The maximum Gasteiger partial charge on any atom is 0.142 e. The lowest BCUT2D eigenvalue weighted by molar-refractivity contribution is 0.0536. The summed E-state index contributed by atoms with van der Waals surface area (Å²) >= 11 is 0. The largest absolute Gasteiger partial charge is 0.379 e. The van der Waals surface area contributed by atoms with E-state index in [1.165, 1.54) is 12.8 Å². The molecule has 2 fully saturated rings. The smallest absolute Gasteiger partial charge is 0.142 e. The molecule has 1 aromatic heterocycles. The van der Waals surface area contributed by atoms with Gasteiger partial charge in [0.15, 0.2) is 0 Å². The van der Waals surface area contributed by atoms with Gasteiger partial charge in [-0.2, -0.15) is 5.26 Å². The van der Waals surface area contributed by atoms with Crippen LogP contribution in [0.4, 0.5) is 5.82 Å². The van der Waals surface area contributed by atoms with Gasteiger partial charge in [-0.25, -0.2) is 4.98 Å². The first-order valence-corrected chi connectivity index (χ1v) is 7.22. The number of piperidine rings is 1. The second-order valence-electron chi connectivity index (χ2n) is 5.75. The van der Waals surface area contributed by atoms with Crippen LogP contribution in [0.15, 0.2) is 18.2 Å². The van der Waals surface area contributed by atoms with Gasteiger partial charge in [-0.15, -0.1) is 0 Å². The van der Waals surface area contributed by atoms with Crippen molar-refractivity contribution < 1.29 is 4.74 Å². The second-order valence-corrected chi connectivity index (χ2v) is 5.75. The van der Waals surface area contributed by atoms with Crippen LogP contribution in [0, 0.1) is 16.7 Å². The van der Waals surface area contributed by atoms with Crippen LogP contribution in [0.25, 0.3) is 0 Å². The Morgan fingerprint density at radius 2 is 2.40 bits per heavy atom. The van der Waals surface area contributed by atoms with Crippen molar-refractivity contribution in [1.82, 2.24) is 10.3 Å². The van der Waals surface area contributed by atoms with Crippen molar-refractivity contribution in [2.45, 2.75) is 12.8 Å². The van der Waals surface area contributed by atoms with Gasteiger partial charge in [0.2, 0.25) is 0 Å². The van der Waals surface area contributed by atoms with Crippen LogP contribution in [0.2, 0.25) is 0 Å². The highest BCUT2D eigenvalue weighted by molar-refractivity contribution is 5.42. The molecule has 2 aliphatic rings. The fraction of sp³-hybridized carbons (Fsp3) is 0.600. The molecule has 0 radical (unpaired) electrons. The minimum Gasteiger partial charge on any atom is -0.379 e. The van der Waals surface area contributed by atoms with Gasteiger partial charge >= 0.3 is 0 Å². The molecule has 5 nitrogen and oxygen atoms in total. The molecule has 1 N–H and O–H groups in total. The Kier molecular flexibility index (Phi) is 3.86. The third-order valence-electron chi connectivity index (χ3n) is 4.17. The van der Waals surface area contributed by atoms with E-state index < -0.39 is 0 Å². The van der Waals surface area contributed by atoms with Crippen molar-refractivity contribution in [3.63, 3.8) is 0 Å². The van der Waals surface area contributed by atoms with E-state index in [0.717, 1.165) is 45.2 Å². The van der Waals surface area contributed by atoms with E-state index in [1.54, 1.807) is 6.07 Å². The van der Waals surface area contributed by atoms with Gasteiger partial charge in [0, 0.05) is 25.0 Å². The summed E-state index contributed by atoms with van der Waals surface area (Å²) in [7, 11) is 0. The van der Waals surface area contributed by atoms with Gasteiger partial charge in [0.05, 0.1) is 13.2 Å². The van der Waals surface area contributed by atoms with Gasteiger partial charge in [-0.1, -0.05) is 6.07 Å². The van der Waals surface area contributed by atoms with Gasteiger partial charge in [-0.05, 0) is 31.5 Å². The molecule has 3 heterocycles. The zero-order chi connectivity index (χ0) is 13.8. The molecular weight excluding hydrogens is 252 g/mol. The van der Waals surface area contributed by atoms with Crippen molar-refractivity contribution in [1.29, 1.82) is 5.26 Å². The molecule has 2 saturated heterocycles. The Hall–Kier alpha value is -1.64. The standard InChI is InChI=1S/C15H20N4O/c16-9-13-3-1-4-14(18-13)19-7-8-20-12-15(11-19)5-2-6-17-10-15/h1,3-4,17H,2,5-8,10-12H2. The number of pyridine rings is 1. The molecule has 1 atom stereocenters. The number of hydrogen-bond acceptors (Lipinski definition) is 5. The lowest BCUT2D eigenvalue weighted by atomic mass is 9.81. The lowest BCUT2D eigenvalue weighted by Gasteiger charge is -2.39. The number of hydrogen-bond donors (Lipinski definition) is 1. The van der Waals surface area contributed by atoms with Crippen molar-refractivity contribution >= 4 is 5.82 Å². The van der Waals surface area contributed by atoms with Crippen LogP contribution in [-0.2, 0) is 4.74 Å². The van der Waals surface area contributed by atoms with Crippen LogP contribution in [0.3, 0.4) is 0 Å². The van der Waals surface area contributed by atoms with Gasteiger partial charge in [-0.3, -0.25) is 0 Å². The highest BCUT2D eigenvalue weighted by Crippen LogP contribution is 2.31. The van der Waals surface area contributed by atoms with Gasteiger partial charge < -0.3 is 15.0 Å². The van der Waals surface area contributed by atoms with E-state index in [0.29, 0.717) is 5.69 Å². The summed E-state index contributed by atoms with van der Waals surface area (Å²) in [6.45, 7) is 5.42. The number of anilines is 1. The van der Waals surface area contributed by atoms with E-state index in [-0.39, 0.29) is 5.41 Å². The molecule has 1 spiro atoms. The summed E-state index contributed by atoms with van der Waals surface area (Å²) in [6, 6.07) is 7.74. The molecule has 20 heavy (non-hydrogen) atoms. The third kappa shape index (κ3) is 2.77. The molecule has 5 heteroatoms. The molecule has 0 aromatic carbocycles. The minimum absolute atomic E-state index is 0.180.